The smallest absolute Gasteiger partial charge is 0.255 e. The van der Waals surface area contributed by atoms with Crippen LogP contribution in [0.2, 0.25) is 0 Å². The van der Waals surface area contributed by atoms with Gasteiger partial charge in [-0.2, -0.15) is 0 Å². The van der Waals surface area contributed by atoms with Crippen molar-refractivity contribution < 1.29 is 19.5 Å². The fraction of sp³-hybridized carbons (Fsp3) is 0.333. The molecule has 1 amide bonds. The summed E-state index contributed by atoms with van der Waals surface area (Å²) >= 11 is 0. The van der Waals surface area contributed by atoms with Crippen molar-refractivity contribution >= 4 is 11.7 Å². The van der Waals surface area contributed by atoms with Gasteiger partial charge in [0.2, 0.25) is 0 Å². The molecule has 1 aromatic rings. The molecule has 0 aliphatic carbocycles. The fourth-order valence-electron chi connectivity index (χ4n) is 1.47. The number of benzene rings is 1. The number of unbranched alkanes of at least 4 members (excludes halogenated alkanes) is 1. The van der Waals surface area contributed by atoms with Gasteiger partial charge in [-0.1, -0.05) is 5.16 Å². The monoisotopic (exact) mass is 269 g/mol. The minimum Gasteiger partial charge on any atom is -0.507 e. The van der Waals surface area contributed by atoms with Gasteiger partial charge < -0.3 is 21.4 Å². The Labute approximate surface area is 109 Å². The third kappa shape index (κ3) is 4.82. The Morgan fingerprint density at radius 3 is 2.84 bits per heavy atom. The molecule has 0 aliphatic rings. The molecule has 0 fully saturated rings. The second-order valence-corrected chi connectivity index (χ2v) is 3.97. The maximum absolute atomic E-state index is 12.9. The van der Waals surface area contributed by atoms with Crippen LogP contribution in [0.5, 0.6) is 5.75 Å². The summed E-state index contributed by atoms with van der Waals surface area (Å²) in [5.74, 6) is -1.26. The third-order valence-electron chi connectivity index (χ3n) is 2.48. The van der Waals surface area contributed by atoms with E-state index in [1.165, 1.54) is 0 Å². The van der Waals surface area contributed by atoms with Gasteiger partial charge in [0.05, 0.1) is 5.56 Å². The molecule has 0 unspecified atom stereocenters. The van der Waals surface area contributed by atoms with E-state index in [0.717, 1.165) is 18.2 Å². The Morgan fingerprint density at radius 2 is 2.16 bits per heavy atom. The van der Waals surface area contributed by atoms with Gasteiger partial charge in [-0.15, -0.1) is 0 Å². The lowest BCUT2D eigenvalue weighted by Gasteiger charge is -2.06. The van der Waals surface area contributed by atoms with Gasteiger partial charge in [-0.25, -0.2) is 4.39 Å². The first-order valence-corrected chi connectivity index (χ1v) is 5.77. The highest BCUT2D eigenvalue weighted by atomic mass is 19.1. The van der Waals surface area contributed by atoms with Crippen LogP contribution < -0.4 is 11.1 Å². The maximum Gasteiger partial charge on any atom is 0.255 e. The number of carbonyl (C=O) groups excluding carboxylic acids is 1. The van der Waals surface area contributed by atoms with Crippen LogP contribution in [0.3, 0.4) is 0 Å². The van der Waals surface area contributed by atoms with E-state index in [1.54, 1.807) is 0 Å². The molecule has 0 heterocycles. The number of oxime groups is 1. The third-order valence-corrected chi connectivity index (χ3v) is 2.48. The van der Waals surface area contributed by atoms with E-state index in [1.807, 2.05) is 0 Å². The van der Waals surface area contributed by atoms with E-state index < -0.39 is 11.7 Å². The number of nitrogens with two attached hydrogens (primary N) is 1. The van der Waals surface area contributed by atoms with Gasteiger partial charge in [-0.05, 0) is 31.0 Å². The number of amidine groups is 1. The SMILES string of the molecule is N/C(CCCCNC(=O)c1cc(F)ccc1O)=N/O. The molecular formula is C12H16FN3O3. The highest BCUT2D eigenvalue weighted by molar-refractivity contribution is 5.96. The number of amides is 1. The predicted molar refractivity (Wildman–Crippen MR) is 67.7 cm³/mol. The molecule has 0 aromatic heterocycles. The Balaban J connectivity index is 2.37. The molecule has 6 nitrogen and oxygen atoms in total. The summed E-state index contributed by atoms with van der Waals surface area (Å²) in [5.41, 5.74) is 5.18. The topological polar surface area (TPSA) is 108 Å². The van der Waals surface area contributed by atoms with E-state index >= 15 is 0 Å². The molecule has 0 atom stereocenters. The minimum atomic E-state index is -0.588. The first-order valence-electron chi connectivity index (χ1n) is 5.77. The quantitative estimate of drug-likeness (QED) is 0.204. The summed E-state index contributed by atoms with van der Waals surface area (Å²) in [5, 5.41) is 23.1. The Kier molecular flexibility index (Phi) is 5.59. The van der Waals surface area contributed by atoms with Crippen molar-refractivity contribution in [2.45, 2.75) is 19.3 Å². The van der Waals surface area contributed by atoms with Crippen LogP contribution in [0.4, 0.5) is 4.39 Å². The van der Waals surface area contributed by atoms with Crippen molar-refractivity contribution in [3.05, 3.63) is 29.6 Å². The number of hydrogen-bond acceptors (Lipinski definition) is 4. The number of aromatic hydroxyl groups is 1. The lowest BCUT2D eigenvalue weighted by molar-refractivity contribution is 0.0950. The number of nitrogens with one attached hydrogen (secondary N) is 1. The molecule has 19 heavy (non-hydrogen) atoms. The normalized spacial score (nSPS) is 11.3. The van der Waals surface area contributed by atoms with Crippen LogP contribution in [0, 0.1) is 5.82 Å². The summed E-state index contributed by atoms with van der Waals surface area (Å²) in [6.07, 6.45) is 1.70. The standard InChI is InChI=1S/C12H16FN3O3/c13-8-4-5-10(17)9(7-8)12(18)15-6-2-1-3-11(14)16-19/h4-5,7,17,19H,1-3,6H2,(H2,14,16)(H,15,18). The first-order chi connectivity index (χ1) is 9.04. The highest BCUT2D eigenvalue weighted by Crippen LogP contribution is 2.17. The van der Waals surface area contributed by atoms with Gasteiger partial charge in [-0.3, -0.25) is 4.79 Å². The van der Waals surface area contributed by atoms with Gasteiger partial charge in [0.15, 0.2) is 0 Å². The number of hydrogen-bond donors (Lipinski definition) is 4. The summed E-state index contributed by atoms with van der Waals surface area (Å²) in [6.45, 7) is 0.355. The van der Waals surface area contributed by atoms with Gasteiger partial charge in [0.25, 0.3) is 5.91 Å². The molecule has 0 spiro atoms. The lowest BCUT2D eigenvalue weighted by Crippen LogP contribution is -2.25. The van der Waals surface area contributed by atoms with E-state index in [4.69, 9.17) is 10.9 Å². The average Bonchev–Trinajstić information content (AvgIpc) is 2.40. The summed E-state index contributed by atoms with van der Waals surface area (Å²) in [6, 6.07) is 3.17. The van der Waals surface area contributed by atoms with Crippen molar-refractivity contribution in [3.8, 4) is 5.75 Å². The zero-order valence-corrected chi connectivity index (χ0v) is 10.3. The number of nitrogens with zero attached hydrogens (tertiary/aromatic N) is 1. The van der Waals surface area contributed by atoms with Crippen molar-refractivity contribution in [2.24, 2.45) is 10.9 Å². The van der Waals surface area contributed by atoms with Crippen LogP contribution in [-0.4, -0.2) is 28.6 Å². The molecule has 0 bridgehead atoms. The van der Waals surface area contributed by atoms with Crippen LogP contribution in [0.25, 0.3) is 0 Å². The Bertz CT molecular complexity index is 477. The van der Waals surface area contributed by atoms with Gasteiger partial charge in [0, 0.05) is 13.0 Å². The Hall–Kier alpha value is -2.31. The number of halogens is 1. The maximum atomic E-state index is 12.9. The van der Waals surface area contributed by atoms with E-state index in [2.05, 4.69) is 10.5 Å². The van der Waals surface area contributed by atoms with Crippen LogP contribution in [0.15, 0.2) is 23.4 Å². The molecule has 7 heteroatoms. The summed E-state index contributed by atoms with van der Waals surface area (Å²) in [4.78, 5) is 11.6. The molecule has 5 N–H and O–H groups in total. The van der Waals surface area contributed by atoms with Crippen molar-refractivity contribution in [1.29, 1.82) is 0 Å². The fourth-order valence-corrected chi connectivity index (χ4v) is 1.47. The van der Waals surface area contributed by atoms with Gasteiger partial charge in [0.1, 0.15) is 17.4 Å². The molecule has 0 radical (unpaired) electrons. The second-order valence-electron chi connectivity index (χ2n) is 3.97. The number of phenolic OH excluding ortho intramolecular Hbond substituents is 1. The van der Waals surface area contributed by atoms with Crippen molar-refractivity contribution in [3.63, 3.8) is 0 Å². The zero-order valence-electron chi connectivity index (χ0n) is 10.3. The van der Waals surface area contributed by atoms with Crippen molar-refractivity contribution in [1.82, 2.24) is 5.32 Å². The van der Waals surface area contributed by atoms with Crippen LogP contribution >= 0.6 is 0 Å². The zero-order chi connectivity index (χ0) is 14.3. The van der Waals surface area contributed by atoms with Crippen LogP contribution in [-0.2, 0) is 0 Å². The number of rotatable bonds is 6. The summed E-state index contributed by atoms with van der Waals surface area (Å²) < 4.78 is 12.9. The Morgan fingerprint density at radius 1 is 1.42 bits per heavy atom. The van der Waals surface area contributed by atoms with E-state index in [9.17, 15) is 14.3 Å². The summed E-state index contributed by atoms with van der Waals surface area (Å²) in [7, 11) is 0. The molecule has 0 saturated carbocycles. The molecule has 1 rings (SSSR count). The molecule has 1 aromatic carbocycles. The predicted octanol–water partition coefficient (Wildman–Crippen LogP) is 1.18. The van der Waals surface area contributed by atoms with E-state index in [0.29, 0.717) is 25.8 Å². The minimum absolute atomic E-state index is 0.101. The highest BCUT2D eigenvalue weighted by Gasteiger charge is 2.11. The van der Waals surface area contributed by atoms with E-state index in [-0.39, 0.29) is 17.1 Å². The molecular weight excluding hydrogens is 253 g/mol. The number of carbonyl (C=O) groups is 1. The van der Waals surface area contributed by atoms with Crippen LogP contribution in [0.1, 0.15) is 29.6 Å². The lowest BCUT2D eigenvalue weighted by atomic mass is 10.1. The largest absolute Gasteiger partial charge is 0.507 e. The molecule has 0 aliphatic heterocycles. The second kappa shape index (κ2) is 7.20. The molecule has 0 saturated heterocycles. The first kappa shape index (κ1) is 14.7. The van der Waals surface area contributed by atoms with Crippen molar-refractivity contribution in [2.75, 3.05) is 6.54 Å². The number of phenols is 1. The van der Waals surface area contributed by atoms with Gasteiger partial charge >= 0.3 is 0 Å². The molecule has 104 valence electrons. The average molecular weight is 269 g/mol.